The summed E-state index contributed by atoms with van der Waals surface area (Å²) in [5.41, 5.74) is -0.363. The Hall–Kier alpha value is -1.49. The van der Waals surface area contributed by atoms with Crippen molar-refractivity contribution in [1.29, 1.82) is 0 Å². The number of hydrogen-bond acceptors (Lipinski definition) is 4. The molecule has 0 aromatic heterocycles. The predicted molar refractivity (Wildman–Crippen MR) is 93.5 cm³/mol. The van der Waals surface area contributed by atoms with E-state index < -0.39 is 11.2 Å². The van der Waals surface area contributed by atoms with Gasteiger partial charge in [0.25, 0.3) is 0 Å². The molecule has 1 saturated heterocycles. The van der Waals surface area contributed by atoms with E-state index in [1.807, 2.05) is 44.9 Å². The second-order valence-electron chi connectivity index (χ2n) is 8.44. The number of fused-ring (bicyclic) bond motifs is 1. The van der Waals surface area contributed by atoms with Crippen molar-refractivity contribution in [3.05, 3.63) is 23.9 Å². The molecule has 0 bridgehead atoms. The topological polar surface area (TPSA) is 53.0 Å². The van der Waals surface area contributed by atoms with E-state index in [-0.39, 0.29) is 12.1 Å². The number of aliphatic hydroxyl groups is 1. The summed E-state index contributed by atoms with van der Waals surface area (Å²) in [5.74, 6) is 0.344. The molecule has 0 aromatic rings. The van der Waals surface area contributed by atoms with Gasteiger partial charge < -0.3 is 19.6 Å². The molecular formula is C19H30N2O3. The molecule has 134 valence electrons. The number of ether oxygens (including phenoxy) is 1. The molecule has 5 heteroatoms. The van der Waals surface area contributed by atoms with Gasteiger partial charge in [-0.1, -0.05) is 12.2 Å². The average Bonchev–Trinajstić information content (AvgIpc) is 2.82. The van der Waals surface area contributed by atoms with Crippen LogP contribution in [0.4, 0.5) is 4.79 Å². The lowest BCUT2D eigenvalue weighted by Crippen LogP contribution is -2.48. The van der Waals surface area contributed by atoms with Crippen LogP contribution < -0.4 is 0 Å². The molecule has 1 aliphatic carbocycles. The van der Waals surface area contributed by atoms with Crippen LogP contribution >= 0.6 is 0 Å². The van der Waals surface area contributed by atoms with Crippen LogP contribution in [0.5, 0.6) is 0 Å². The van der Waals surface area contributed by atoms with E-state index in [4.69, 9.17) is 4.74 Å². The third-order valence-corrected chi connectivity index (χ3v) is 5.35. The van der Waals surface area contributed by atoms with Gasteiger partial charge in [0.1, 0.15) is 11.2 Å². The first-order valence-electron chi connectivity index (χ1n) is 9.00. The normalized spacial score (nSPS) is 33.3. The Bertz CT molecular complexity index is 563. The largest absolute Gasteiger partial charge is 0.444 e. The summed E-state index contributed by atoms with van der Waals surface area (Å²) in [6.45, 7) is 7.22. The maximum Gasteiger partial charge on any atom is 0.410 e. The van der Waals surface area contributed by atoms with Crippen LogP contribution in [0.15, 0.2) is 23.9 Å². The number of carbonyl (C=O) groups excluding carboxylic acids is 1. The summed E-state index contributed by atoms with van der Waals surface area (Å²) in [4.78, 5) is 16.6. The highest BCUT2D eigenvalue weighted by Crippen LogP contribution is 2.47. The monoisotopic (exact) mass is 334 g/mol. The van der Waals surface area contributed by atoms with E-state index >= 15 is 0 Å². The van der Waals surface area contributed by atoms with E-state index in [0.717, 1.165) is 38.0 Å². The Balaban J connectivity index is 1.79. The van der Waals surface area contributed by atoms with Gasteiger partial charge in [-0.2, -0.15) is 0 Å². The average molecular weight is 334 g/mol. The van der Waals surface area contributed by atoms with Crippen molar-refractivity contribution in [3.8, 4) is 0 Å². The van der Waals surface area contributed by atoms with Crippen molar-refractivity contribution >= 4 is 6.09 Å². The molecule has 0 aromatic carbocycles. The first-order chi connectivity index (χ1) is 11.2. The summed E-state index contributed by atoms with van der Waals surface area (Å²) in [6, 6.07) is 0.0683. The zero-order valence-corrected chi connectivity index (χ0v) is 15.3. The number of amides is 1. The van der Waals surface area contributed by atoms with E-state index in [9.17, 15) is 9.90 Å². The highest BCUT2D eigenvalue weighted by atomic mass is 16.6. The van der Waals surface area contributed by atoms with Crippen molar-refractivity contribution in [2.75, 3.05) is 20.1 Å². The van der Waals surface area contributed by atoms with Crippen LogP contribution in [0.25, 0.3) is 0 Å². The Labute approximate surface area is 145 Å². The van der Waals surface area contributed by atoms with E-state index in [1.54, 1.807) is 0 Å². The molecule has 0 radical (unpaired) electrons. The minimum atomic E-state index is -0.848. The SMILES string of the molecule is CN1CC=CC=C1C1(O)CC2CCCN(C(=O)OC(C)(C)C)C2C1. The fraction of sp³-hybridized carbons (Fsp3) is 0.737. The summed E-state index contributed by atoms with van der Waals surface area (Å²) < 4.78 is 5.59. The van der Waals surface area contributed by atoms with Crippen molar-refractivity contribution in [1.82, 2.24) is 9.80 Å². The molecule has 3 atom stereocenters. The Morgan fingerprint density at radius 1 is 1.38 bits per heavy atom. The number of piperidine rings is 1. The van der Waals surface area contributed by atoms with Crippen molar-refractivity contribution in [2.45, 2.75) is 63.7 Å². The zero-order chi connectivity index (χ0) is 17.5. The number of likely N-dealkylation sites (N-methyl/N-ethyl adjacent to an activating group) is 1. The van der Waals surface area contributed by atoms with Crippen LogP contribution in [0.1, 0.15) is 46.5 Å². The van der Waals surface area contributed by atoms with E-state index in [2.05, 4.69) is 11.0 Å². The number of carbonyl (C=O) groups is 1. The second-order valence-corrected chi connectivity index (χ2v) is 8.44. The lowest BCUT2D eigenvalue weighted by atomic mass is 9.91. The number of hydrogen-bond donors (Lipinski definition) is 1. The van der Waals surface area contributed by atoms with Gasteiger partial charge >= 0.3 is 6.09 Å². The molecule has 1 N–H and O–H groups in total. The molecule has 2 heterocycles. The molecular weight excluding hydrogens is 304 g/mol. The lowest BCUT2D eigenvalue weighted by Gasteiger charge is -2.38. The number of nitrogens with zero attached hydrogens (tertiary/aromatic N) is 2. The lowest BCUT2D eigenvalue weighted by molar-refractivity contribution is 0.00225. The van der Waals surface area contributed by atoms with E-state index in [1.165, 1.54) is 0 Å². The fourth-order valence-corrected chi connectivity index (χ4v) is 4.39. The first-order valence-corrected chi connectivity index (χ1v) is 9.00. The van der Waals surface area contributed by atoms with Gasteiger partial charge in [0, 0.05) is 38.3 Å². The van der Waals surface area contributed by atoms with Gasteiger partial charge in [-0.3, -0.25) is 0 Å². The van der Waals surface area contributed by atoms with E-state index in [0.29, 0.717) is 12.3 Å². The standard InChI is InChI=1S/C19H30N2O3/c1-18(2,3)24-17(22)21-11-7-8-14-12-19(23,13-15(14)21)16-9-5-6-10-20(16)4/h5-6,9,14-15,23H,7-8,10-13H2,1-4H3. The highest BCUT2D eigenvalue weighted by Gasteiger charge is 2.51. The summed E-state index contributed by atoms with van der Waals surface area (Å²) in [5, 5.41) is 11.3. The van der Waals surface area contributed by atoms with Gasteiger partial charge in [-0.15, -0.1) is 0 Å². The third-order valence-electron chi connectivity index (χ3n) is 5.35. The van der Waals surface area contributed by atoms with Gasteiger partial charge in [0.2, 0.25) is 0 Å². The molecule has 3 unspecified atom stereocenters. The number of allylic oxidation sites excluding steroid dienone is 2. The zero-order valence-electron chi connectivity index (χ0n) is 15.3. The maximum atomic E-state index is 12.6. The van der Waals surface area contributed by atoms with Gasteiger partial charge in [0.15, 0.2) is 0 Å². The summed E-state index contributed by atoms with van der Waals surface area (Å²) in [7, 11) is 2.01. The second kappa shape index (κ2) is 6.10. The molecule has 1 saturated carbocycles. The molecule has 3 aliphatic rings. The van der Waals surface area contributed by atoms with Gasteiger partial charge in [0.05, 0.1) is 0 Å². The minimum absolute atomic E-state index is 0.0683. The fourth-order valence-electron chi connectivity index (χ4n) is 4.39. The highest BCUT2D eigenvalue weighted by molar-refractivity contribution is 5.69. The summed E-state index contributed by atoms with van der Waals surface area (Å²) in [6.07, 6.45) is 9.24. The minimum Gasteiger partial charge on any atom is -0.444 e. The van der Waals surface area contributed by atoms with Crippen molar-refractivity contribution < 1.29 is 14.6 Å². The molecule has 1 amide bonds. The first kappa shape index (κ1) is 17.3. The quantitative estimate of drug-likeness (QED) is 0.801. The third kappa shape index (κ3) is 3.32. The Morgan fingerprint density at radius 2 is 2.12 bits per heavy atom. The van der Waals surface area contributed by atoms with Crippen molar-refractivity contribution in [3.63, 3.8) is 0 Å². The van der Waals surface area contributed by atoms with Crippen LogP contribution in [-0.4, -0.2) is 58.4 Å². The van der Waals surface area contributed by atoms with Crippen LogP contribution in [0.2, 0.25) is 0 Å². The maximum absolute atomic E-state index is 12.6. The smallest absolute Gasteiger partial charge is 0.410 e. The number of rotatable bonds is 1. The summed E-state index contributed by atoms with van der Waals surface area (Å²) >= 11 is 0. The van der Waals surface area contributed by atoms with Crippen molar-refractivity contribution in [2.24, 2.45) is 5.92 Å². The van der Waals surface area contributed by atoms with Gasteiger partial charge in [-0.25, -0.2) is 4.79 Å². The molecule has 2 aliphatic heterocycles. The molecule has 0 spiro atoms. The van der Waals surface area contributed by atoms with Gasteiger partial charge in [-0.05, 0) is 52.0 Å². The van der Waals surface area contributed by atoms with Crippen LogP contribution in [0.3, 0.4) is 0 Å². The molecule has 5 nitrogen and oxygen atoms in total. The van der Waals surface area contributed by atoms with Crippen LogP contribution in [0, 0.1) is 5.92 Å². The number of likely N-dealkylation sites (tertiary alicyclic amines) is 1. The Morgan fingerprint density at radius 3 is 2.79 bits per heavy atom. The Kier molecular flexibility index (Phi) is 4.41. The molecule has 3 rings (SSSR count). The predicted octanol–water partition coefficient (Wildman–Crippen LogP) is 2.91. The molecule has 24 heavy (non-hydrogen) atoms. The van der Waals surface area contributed by atoms with Crippen LogP contribution in [-0.2, 0) is 4.74 Å². The molecule has 2 fully saturated rings.